The van der Waals surface area contributed by atoms with Gasteiger partial charge < -0.3 is 14.4 Å². The highest BCUT2D eigenvalue weighted by molar-refractivity contribution is 5.72. The monoisotopic (exact) mass is 455 g/mol. The summed E-state index contributed by atoms with van der Waals surface area (Å²) in [4.78, 5) is 9.53. The first-order valence-electron chi connectivity index (χ1n) is 12.0. The highest BCUT2D eigenvalue weighted by Crippen LogP contribution is 2.36. The Morgan fingerprint density at radius 3 is 2.65 bits per heavy atom. The summed E-state index contributed by atoms with van der Waals surface area (Å²) in [5.41, 5.74) is 6.91. The van der Waals surface area contributed by atoms with Crippen LogP contribution in [0.4, 0.5) is 10.1 Å². The van der Waals surface area contributed by atoms with E-state index in [1.54, 1.807) is 0 Å². The maximum atomic E-state index is 13.5. The molecule has 4 heterocycles. The van der Waals surface area contributed by atoms with Gasteiger partial charge >= 0.3 is 0 Å². The largest absolute Gasteiger partial charge is 0.371 e. The highest BCUT2D eigenvalue weighted by atomic mass is 19.1. The van der Waals surface area contributed by atoms with Gasteiger partial charge in [-0.15, -0.1) is 0 Å². The molecule has 1 fully saturated rings. The van der Waals surface area contributed by atoms with Crippen LogP contribution in [0.2, 0.25) is 0 Å². The van der Waals surface area contributed by atoms with E-state index >= 15 is 0 Å². The van der Waals surface area contributed by atoms with Crippen molar-refractivity contribution in [3.8, 4) is 28.3 Å². The fourth-order valence-electron chi connectivity index (χ4n) is 5.58. The first kappa shape index (κ1) is 21.2. The topological polar surface area (TPSA) is 29.2 Å². The minimum atomic E-state index is -0.217. The summed E-state index contributed by atoms with van der Waals surface area (Å²) in [7, 11) is 4.32. The second-order valence-corrected chi connectivity index (χ2v) is 10.1. The molecule has 4 aromatic rings. The molecule has 174 valence electrons. The van der Waals surface area contributed by atoms with Gasteiger partial charge in [0.15, 0.2) is 5.82 Å². The Bertz CT molecular complexity index is 1330. The maximum absolute atomic E-state index is 13.5. The molecule has 0 saturated carbocycles. The van der Waals surface area contributed by atoms with Crippen molar-refractivity contribution in [2.75, 3.05) is 38.6 Å². The molecule has 5 nitrogen and oxygen atoms in total. The number of rotatable bonds is 4. The molecular formula is C28H30FN5. The van der Waals surface area contributed by atoms with E-state index < -0.39 is 0 Å². The molecule has 0 N–H and O–H groups in total. The Kier molecular flexibility index (Phi) is 5.06. The molecule has 0 radical (unpaired) electrons. The van der Waals surface area contributed by atoms with Gasteiger partial charge in [0.1, 0.15) is 5.82 Å². The predicted molar refractivity (Wildman–Crippen MR) is 135 cm³/mol. The smallest absolute Gasteiger partial charge is 0.161 e. The zero-order valence-electron chi connectivity index (χ0n) is 19.9. The second-order valence-electron chi connectivity index (χ2n) is 10.1. The number of benzene rings is 2. The van der Waals surface area contributed by atoms with Crippen LogP contribution >= 0.6 is 0 Å². The van der Waals surface area contributed by atoms with Gasteiger partial charge in [0.25, 0.3) is 0 Å². The minimum Gasteiger partial charge on any atom is -0.371 e. The molecule has 0 unspecified atom stereocenters. The number of halogens is 1. The quantitative estimate of drug-likeness (QED) is 0.376. The van der Waals surface area contributed by atoms with Gasteiger partial charge in [-0.2, -0.15) is 0 Å². The molecule has 2 aromatic heterocycles. The Hall–Kier alpha value is -3.38. The van der Waals surface area contributed by atoms with Crippen molar-refractivity contribution in [1.29, 1.82) is 0 Å². The van der Waals surface area contributed by atoms with Crippen LogP contribution in [0, 0.1) is 17.7 Å². The van der Waals surface area contributed by atoms with Crippen LogP contribution in [0.15, 0.2) is 67.1 Å². The first-order chi connectivity index (χ1) is 16.5. The lowest BCUT2D eigenvalue weighted by Gasteiger charge is -2.22. The van der Waals surface area contributed by atoms with Gasteiger partial charge in [-0.05, 0) is 73.5 Å². The normalized spacial score (nSPS) is 19.1. The molecule has 2 atom stereocenters. The van der Waals surface area contributed by atoms with E-state index in [1.165, 1.54) is 29.1 Å². The first-order valence-corrected chi connectivity index (χ1v) is 12.0. The summed E-state index contributed by atoms with van der Waals surface area (Å²) < 4.78 is 17.9. The van der Waals surface area contributed by atoms with Gasteiger partial charge in [0.05, 0.1) is 11.4 Å². The Morgan fingerprint density at radius 2 is 1.85 bits per heavy atom. The zero-order valence-corrected chi connectivity index (χ0v) is 19.9. The van der Waals surface area contributed by atoms with Crippen LogP contribution in [0.5, 0.6) is 0 Å². The number of hydrogen-bond acceptors (Lipinski definition) is 3. The highest BCUT2D eigenvalue weighted by Gasteiger charge is 2.30. The molecule has 6 rings (SSSR count). The van der Waals surface area contributed by atoms with Crippen molar-refractivity contribution in [3.05, 3.63) is 78.5 Å². The van der Waals surface area contributed by atoms with Crippen molar-refractivity contribution < 1.29 is 4.39 Å². The zero-order chi connectivity index (χ0) is 23.4. The summed E-state index contributed by atoms with van der Waals surface area (Å²) in [6, 6.07) is 15.7. The molecular weight excluding hydrogens is 425 g/mol. The minimum absolute atomic E-state index is 0.217. The van der Waals surface area contributed by atoms with Crippen molar-refractivity contribution in [1.82, 2.24) is 19.0 Å². The van der Waals surface area contributed by atoms with Crippen LogP contribution in [-0.2, 0) is 6.54 Å². The molecule has 0 spiro atoms. The van der Waals surface area contributed by atoms with E-state index in [1.807, 2.05) is 24.5 Å². The Morgan fingerprint density at radius 1 is 1.03 bits per heavy atom. The third kappa shape index (κ3) is 3.62. The third-order valence-electron chi connectivity index (χ3n) is 7.34. The maximum Gasteiger partial charge on any atom is 0.161 e. The molecule has 2 aliphatic rings. The molecule has 34 heavy (non-hydrogen) atoms. The van der Waals surface area contributed by atoms with Crippen molar-refractivity contribution in [2.45, 2.75) is 13.5 Å². The number of fused-ring (bicyclic) bond motifs is 5. The van der Waals surface area contributed by atoms with E-state index in [9.17, 15) is 4.39 Å². The van der Waals surface area contributed by atoms with Gasteiger partial charge in [-0.25, -0.2) is 9.37 Å². The number of imidazole rings is 1. The molecule has 0 bridgehead atoms. The fourth-order valence-corrected chi connectivity index (χ4v) is 5.58. The Labute approximate surface area is 200 Å². The summed E-state index contributed by atoms with van der Waals surface area (Å²) >= 11 is 0. The van der Waals surface area contributed by atoms with Gasteiger partial charge in [0.2, 0.25) is 0 Å². The number of nitrogens with zero attached hydrogens (tertiary/aromatic N) is 5. The lowest BCUT2D eigenvalue weighted by molar-refractivity contribution is 0.301. The average molecular weight is 456 g/mol. The number of aromatic nitrogens is 3. The SMILES string of the molecule is C[C@@H]1CN(c2ccc3c(c2)Cn2cc(-c4ccc(F)cc4)cc2-c2nccn2-3)C[C@H]1CN(C)C. The molecule has 2 aromatic carbocycles. The molecule has 2 aliphatic heterocycles. The van der Waals surface area contributed by atoms with E-state index in [0.717, 1.165) is 48.8 Å². The van der Waals surface area contributed by atoms with E-state index in [4.69, 9.17) is 4.98 Å². The lowest BCUT2D eigenvalue weighted by Crippen LogP contribution is -2.27. The summed E-state index contributed by atoms with van der Waals surface area (Å²) in [5.74, 6) is 2.07. The van der Waals surface area contributed by atoms with Crippen LogP contribution in [0.3, 0.4) is 0 Å². The molecule has 6 heteroatoms. The lowest BCUT2D eigenvalue weighted by atomic mass is 9.98. The van der Waals surface area contributed by atoms with E-state index in [0.29, 0.717) is 11.8 Å². The Balaban J connectivity index is 1.37. The van der Waals surface area contributed by atoms with Gasteiger partial charge in [-0.3, -0.25) is 4.57 Å². The summed E-state index contributed by atoms with van der Waals surface area (Å²) in [6.45, 7) is 6.46. The van der Waals surface area contributed by atoms with Gasteiger partial charge in [-0.1, -0.05) is 19.1 Å². The van der Waals surface area contributed by atoms with Crippen molar-refractivity contribution in [2.24, 2.45) is 11.8 Å². The molecule has 1 saturated heterocycles. The van der Waals surface area contributed by atoms with Crippen LogP contribution in [-0.4, -0.2) is 52.7 Å². The second kappa shape index (κ2) is 8.13. The summed E-state index contributed by atoms with van der Waals surface area (Å²) in [5, 5.41) is 0. The average Bonchev–Trinajstić information content (AvgIpc) is 3.52. The van der Waals surface area contributed by atoms with Crippen LogP contribution in [0.25, 0.3) is 28.3 Å². The third-order valence-corrected chi connectivity index (χ3v) is 7.34. The number of anilines is 1. The standard InChI is InChI=1S/C28H30FN5/c1-19-14-32(18-23(19)15-31(2)3)25-8-9-26-22(12-25)17-33-16-21(20-4-6-24(29)7-5-20)13-27(33)28-30-10-11-34(26)28/h4-13,16,19,23H,14-15,17-18H2,1-3H3/t19-,23-/m1/s1. The van der Waals surface area contributed by atoms with Crippen LogP contribution in [0.1, 0.15) is 12.5 Å². The van der Waals surface area contributed by atoms with E-state index in [2.05, 4.69) is 70.4 Å². The van der Waals surface area contributed by atoms with Crippen LogP contribution < -0.4 is 4.90 Å². The van der Waals surface area contributed by atoms with Gasteiger partial charge in [0, 0.05) is 56.0 Å². The summed E-state index contributed by atoms with van der Waals surface area (Å²) in [6.07, 6.45) is 6.06. The predicted octanol–water partition coefficient (Wildman–Crippen LogP) is 5.14. The fraction of sp³-hybridized carbons (Fsp3) is 0.321. The van der Waals surface area contributed by atoms with Crippen molar-refractivity contribution >= 4 is 5.69 Å². The molecule has 0 aliphatic carbocycles. The van der Waals surface area contributed by atoms with E-state index in [-0.39, 0.29) is 5.82 Å². The number of hydrogen-bond donors (Lipinski definition) is 0. The van der Waals surface area contributed by atoms with Crippen molar-refractivity contribution in [3.63, 3.8) is 0 Å². The molecule has 0 amide bonds.